The summed E-state index contributed by atoms with van der Waals surface area (Å²) < 4.78 is 7.79. The summed E-state index contributed by atoms with van der Waals surface area (Å²) in [5, 5.41) is 12.6. The fourth-order valence-corrected chi connectivity index (χ4v) is 4.67. The molecule has 0 aliphatic heterocycles. The van der Waals surface area contributed by atoms with Crippen LogP contribution in [0.1, 0.15) is 10.4 Å². The van der Waals surface area contributed by atoms with Gasteiger partial charge in [-0.05, 0) is 72.8 Å². The highest BCUT2D eigenvalue weighted by Crippen LogP contribution is 2.30. The maximum absolute atomic E-state index is 12.8. The molecule has 2 amide bonds. The fraction of sp³-hybridized carbons (Fsp3) is 0.0345. The van der Waals surface area contributed by atoms with E-state index in [-0.39, 0.29) is 17.2 Å². The molecule has 10 heteroatoms. The van der Waals surface area contributed by atoms with Gasteiger partial charge in [-0.15, -0.1) is 10.2 Å². The molecule has 0 radical (unpaired) electrons. The Kier molecular flexibility index (Phi) is 7.91. The molecule has 0 unspecified atom stereocenters. The van der Waals surface area contributed by atoms with E-state index in [0.717, 1.165) is 17.0 Å². The zero-order valence-corrected chi connectivity index (χ0v) is 22.0. The van der Waals surface area contributed by atoms with Crippen molar-refractivity contribution in [3.05, 3.63) is 114 Å². The molecule has 0 saturated carbocycles. The normalized spacial score (nSPS) is 10.7. The number of aromatic nitrogens is 3. The standard InChI is InChI=1S/C29H22ClN5O3S/c30-20-12-10-19(11-13-20)28-33-34-29(39-18-26(36)32-25-9-5-4-8-24(25)27(31)37)35(28)21-14-16-23(17-15-21)38-22-6-2-1-3-7-22/h1-17H,18H2,(H2,31,37)(H,32,36). The van der Waals surface area contributed by atoms with Crippen LogP contribution < -0.4 is 15.8 Å². The Morgan fingerprint density at radius 2 is 1.51 bits per heavy atom. The van der Waals surface area contributed by atoms with Gasteiger partial charge in [-0.1, -0.05) is 53.7 Å². The van der Waals surface area contributed by atoms with Crippen molar-refractivity contribution in [2.24, 2.45) is 5.73 Å². The van der Waals surface area contributed by atoms with Gasteiger partial charge in [-0.3, -0.25) is 14.2 Å². The Hall–Kier alpha value is -4.60. The molecule has 39 heavy (non-hydrogen) atoms. The first kappa shape index (κ1) is 26.0. The van der Waals surface area contributed by atoms with Crippen LogP contribution in [0.4, 0.5) is 5.69 Å². The van der Waals surface area contributed by atoms with E-state index >= 15 is 0 Å². The predicted octanol–water partition coefficient (Wildman–Crippen LogP) is 6.21. The molecule has 1 heterocycles. The molecule has 5 aromatic rings. The second-order valence-corrected chi connectivity index (χ2v) is 9.68. The van der Waals surface area contributed by atoms with Crippen LogP contribution in [0.5, 0.6) is 11.5 Å². The minimum absolute atomic E-state index is 0.0288. The number of anilines is 1. The molecule has 0 spiro atoms. The van der Waals surface area contributed by atoms with E-state index < -0.39 is 5.91 Å². The number of carbonyl (C=O) groups excluding carboxylic acids is 2. The molecule has 0 saturated heterocycles. The quantitative estimate of drug-likeness (QED) is 0.209. The summed E-state index contributed by atoms with van der Waals surface area (Å²) >= 11 is 7.31. The summed E-state index contributed by atoms with van der Waals surface area (Å²) in [6, 6.07) is 30.9. The van der Waals surface area contributed by atoms with Gasteiger partial charge in [0.05, 0.1) is 17.0 Å². The number of nitrogens with two attached hydrogens (primary N) is 1. The smallest absolute Gasteiger partial charge is 0.250 e. The predicted molar refractivity (Wildman–Crippen MR) is 153 cm³/mol. The number of rotatable bonds is 9. The number of amides is 2. The third-order valence-corrected chi connectivity index (χ3v) is 6.79. The van der Waals surface area contributed by atoms with Crippen LogP contribution in [0.3, 0.4) is 0 Å². The van der Waals surface area contributed by atoms with Gasteiger partial charge in [0, 0.05) is 16.3 Å². The zero-order chi connectivity index (χ0) is 27.2. The molecular formula is C29H22ClN5O3S. The maximum atomic E-state index is 12.8. The SMILES string of the molecule is NC(=O)c1ccccc1NC(=O)CSc1nnc(-c2ccc(Cl)cc2)n1-c1ccc(Oc2ccccc2)cc1. The van der Waals surface area contributed by atoms with Crippen LogP contribution in [0.2, 0.25) is 5.02 Å². The Labute approximate surface area is 233 Å². The van der Waals surface area contributed by atoms with E-state index in [1.807, 2.05) is 71.3 Å². The van der Waals surface area contributed by atoms with E-state index in [9.17, 15) is 9.59 Å². The largest absolute Gasteiger partial charge is 0.457 e. The number of halogens is 1. The summed E-state index contributed by atoms with van der Waals surface area (Å²) in [6.07, 6.45) is 0. The molecule has 4 aromatic carbocycles. The highest BCUT2D eigenvalue weighted by molar-refractivity contribution is 7.99. The van der Waals surface area contributed by atoms with Crippen LogP contribution in [0, 0.1) is 0 Å². The van der Waals surface area contributed by atoms with Gasteiger partial charge >= 0.3 is 0 Å². The van der Waals surface area contributed by atoms with Crippen LogP contribution in [0.15, 0.2) is 108 Å². The lowest BCUT2D eigenvalue weighted by atomic mass is 10.1. The first-order valence-electron chi connectivity index (χ1n) is 11.8. The van der Waals surface area contributed by atoms with E-state index in [4.69, 9.17) is 22.1 Å². The van der Waals surface area contributed by atoms with E-state index in [1.165, 1.54) is 11.8 Å². The number of thioether (sulfide) groups is 1. The highest BCUT2D eigenvalue weighted by atomic mass is 35.5. The summed E-state index contributed by atoms with van der Waals surface area (Å²) in [4.78, 5) is 24.5. The number of nitrogens with zero attached hydrogens (tertiary/aromatic N) is 3. The van der Waals surface area contributed by atoms with Gasteiger partial charge in [-0.25, -0.2) is 0 Å². The van der Waals surface area contributed by atoms with Crippen molar-refractivity contribution in [3.63, 3.8) is 0 Å². The van der Waals surface area contributed by atoms with Crippen molar-refractivity contribution in [3.8, 4) is 28.6 Å². The van der Waals surface area contributed by atoms with Gasteiger partial charge in [-0.2, -0.15) is 0 Å². The van der Waals surface area contributed by atoms with Crippen LogP contribution in [-0.4, -0.2) is 32.3 Å². The molecule has 0 fully saturated rings. The number of ether oxygens (including phenoxy) is 1. The number of benzene rings is 4. The molecule has 0 aliphatic rings. The van der Waals surface area contributed by atoms with Crippen molar-refractivity contribution in [2.75, 3.05) is 11.1 Å². The molecular weight excluding hydrogens is 534 g/mol. The van der Waals surface area contributed by atoms with Crippen molar-refractivity contribution >= 4 is 40.9 Å². The second-order valence-electron chi connectivity index (χ2n) is 8.30. The first-order chi connectivity index (χ1) is 19.0. The average Bonchev–Trinajstić information content (AvgIpc) is 3.37. The number of primary amides is 1. The van der Waals surface area contributed by atoms with Gasteiger partial charge in [0.2, 0.25) is 5.91 Å². The van der Waals surface area contributed by atoms with Crippen molar-refractivity contribution < 1.29 is 14.3 Å². The van der Waals surface area contributed by atoms with E-state index in [2.05, 4.69) is 15.5 Å². The summed E-state index contributed by atoms with van der Waals surface area (Å²) in [5.74, 6) is 1.09. The molecule has 1 aromatic heterocycles. The lowest BCUT2D eigenvalue weighted by Gasteiger charge is -2.12. The van der Waals surface area contributed by atoms with Crippen LogP contribution in [-0.2, 0) is 4.79 Å². The van der Waals surface area contributed by atoms with Crippen LogP contribution in [0.25, 0.3) is 17.1 Å². The van der Waals surface area contributed by atoms with E-state index in [0.29, 0.717) is 27.4 Å². The lowest BCUT2D eigenvalue weighted by molar-refractivity contribution is -0.113. The molecule has 8 nitrogen and oxygen atoms in total. The summed E-state index contributed by atoms with van der Waals surface area (Å²) in [5.41, 5.74) is 7.61. The first-order valence-corrected chi connectivity index (χ1v) is 13.2. The lowest BCUT2D eigenvalue weighted by Crippen LogP contribution is -2.19. The van der Waals surface area contributed by atoms with Crippen molar-refractivity contribution in [1.29, 1.82) is 0 Å². The molecule has 0 atom stereocenters. The monoisotopic (exact) mass is 555 g/mol. The van der Waals surface area contributed by atoms with Crippen molar-refractivity contribution in [2.45, 2.75) is 5.16 Å². The van der Waals surface area contributed by atoms with Gasteiger partial charge in [0.15, 0.2) is 11.0 Å². The minimum Gasteiger partial charge on any atom is -0.457 e. The maximum Gasteiger partial charge on any atom is 0.250 e. The van der Waals surface area contributed by atoms with E-state index in [1.54, 1.807) is 36.4 Å². The number of carbonyl (C=O) groups is 2. The van der Waals surface area contributed by atoms with Gasteiger partial charge < -0.3 is 15.8 Å². The van der Waals surface area contributed by atoms with Gasteiger partial charge in [0.25, 0.3) is 5.91 Å². The number of nitrogens with one attached hydrogen (secondary N) is 1. The Morgan fingerprint density at radius 1 is 0.846 bits per heavy atom. The number of para-hydroxylation sites is 2. The molecule has 3 N–H and O–H groups in total. The number of hydrogen-bond acceptors (Lipinski definition) is 6. The topological polar surface area (TPSA) is 112 Å². The highest BCUT2D eigenvalue weighted by Gasteiger charge is 2.18. The minimum atomic E-state index is -0.620. The Bertz CT molecular complexity index is 1610. The summed E-state index contributed by atoms with van der Waals surface area (Å²) in [6.45, 7) is 0. The second kappa shape index (κ2) is 11.8. The molecule has 0 bridgehead atoms. The number of hydrogen-bond donors (Lipinski definition) is 2. The zero-order valence-electron chi connectivity index (χ0n) is 20.5. The van der Waals surface area contributed by atoms with Gasteiger partial charge in [0.1, 0.15) is 11.5 Å². The molecule has 194 valence electrons. The third-order valence-electron chi connectivity index (χ3n) is 5.61. The average molecular weight is 556 g/mol. The Balaban J connectivity index is 1.40. The molecule has 0 aliphatic carbocycles. The van der Waals surface area contributed by atoms with Crippen molar-refractivity contribution in [1.82, 2.24) is 14.8 Å². The van der Waals surface area contributed by atoms with Crippen LogP contribution >= 0.6 is 23.4 Å². The molecule has 5 rings (SSSR count). The fourth-order valence-electron chi connectivity index (χ4n) is 3.79. The Morgan fingerprint density at radius 3 is 2.23 bits per heavy atom. The summed E-state index contributed by atoms with van der Waals surface area (Å²) in [7, 11) is 0. The third kappa shape index (κ3) is 6.28.